The molecule has 2 aromatic rings. The number of ether oxygens (including phenoxy) is 1. The van der Waals surface area contributed by atoms with Crippen LogP contribution in [0.5, 0.6) is 0 Å². The third kappa shape index (κ3) is 5.58. The van der Waals surface area contributed by atoms with Crippen LogP contribution in [0.3, 0.4) is 0 Å². The predicted molar refractivity (Wildman–Crippen MR) is 115 cm³/mol. The van der Waals surface area contributed by atoms with Gasteiger partial charge in [0.1, 0.15) is 11.6 Å². The molecule has 30 heavy (non-hydrogen) atoms. The van der Waals surface area contributed by atoms with Crippen LogP contribution in [-0.4, -0.2) is 55.9 Å². The van der Waals surface area contributed by atoms with E-state index >= 15 is 0 Å². The average Bonchev–Trinajstić information content (AvgIpc) is 3.18. The molecule has 0 radical (unpaired) electrons. The minimum Gasteiger partial charge on any atom is -0.379 e. The van der Waals surface area contributed by atoms with Crippen molar-refractivity contribution in [3.63, 3.8) is 0 Å². The maximum Gasteiger partial charge on any atom is 0.191 e. The van der Waals surface area contributed by atoms with Gasteiger partial charge in [0.05, 0.1) is 24.9 Å². The smallest absolute Gasteiger partial charge is 0.191 e. The SMILES string of the molecule is CCc1noc(CC)c1CNC(=NC)NCC(c1cccc(F)c1)N1CCOCC1. The van der Waals surface area contributed by atoms with Crippen molar-refractivity contribution in [2.45, 2.75) is 39.3 Å². The zero-order valence-corrected chi connectivity index (χ0v) is 18.1. The topological polar surface area (TPSA) is 74.9 Å². The molecule has 1 saturated heterocycles. The summed E-state index contributed by atoms with van der Waals surface area (Å²) in [6.45, 7) is 8.33. The number of nitrogens with zero attached hydrogens (tertiary/aromatic N) is 3. The Morgan fingerprint density at radius 3 is 2.70 bits per heavy atom. The lowest BCUT2D eigenvalue weighted by atomic mass is 10.0. The Hall–Kier alpha value is -2.45. The lowest BCUT2D eigenvalue weighted by Crippen LogP contribution is -2.46. The van der Waals surface area contributed by atoms with Crippen LogP contribution in [0.1, 0.15) is 42.5 Å². The quantitative estimate of drug-likeness (QED) is 0.508. The van der Waals surface area contributed by atoms with Gasteiger partial charge in [-0.1, -0.05) is 31.1 Å². The number of hydrogen-bond donors (Lipinski definition) is 2. The van der Waals surface area contributed by atoms with Crippen molar-refractivity contribution in [2.75, 3.05) is 39.9 Å². The molecule has 164 valence electrons. The van der Waals surface area contributed by atoms with E-state index in [1.54, 1.807) is 19.2 Å². The first kappa shape index (κ1) is 22.2. The number of morpholine rings is 1. The molecule has 1 aromatic carbocycles. The highest BCUT2D eigenvalue weighted by atomic mass is 19.1. The van der Waals surface area contributed by atoms with Crippen molar-refractivity contribution >= 4 is 5.96 Å². The maximum absolute atomic E-state index is 13.9. The third-order valence-corrected chi connectivity index (χ3v) is 5.45. The molecule has 1 aliphatic heterocycles. The van der Waals surface area contributed by atoms with Crippen LogP contribution in [0.4, 0.5) is 4.39 Å². The van der Waals surface area contributed by atoms with Crippen LogP contribution in [0.25, 0.3) is 0 Å². The lowest BCUT2D eigenvalue weighted by Gasteiger charge is -2.35. The van der Waals surface area contributed by atoms with Gasteiger partial charge in [0.2, 0.25) is 0 Å². The van der Waals surface area contributed by atoms with E-state index < -0.39 is 0 Å². The van der Waals surface area contributed by atoms with E-state index in [0.29, 0.717) is 32.3 Å². The summed E-state index contributed by atoms with van der Waals surface area (Å²) in [4.78, 5) is 6.68. The van der Waals surface area contributed by atoms with E-state index in [9.17, 15) is 4.39 Å². The highest BCUT2D eigenvalue weighted by Gasteiger charge is 2.23. The molecule has 0 amide bonds. The van der Waals surface area contributed by atoms with Gasteiger partial charge in [0, 0.05) is 45.2 Å². The van der Waals surface area contributed by atoms with Crippen molar-refractivity contribution in [3.8, 4) is 0 Å². The molecule has 0 aliphatic carbocycles. The summed E-state index contributed by atoms with van der Waals surface area (Å²) in [5, 5.41) is 10.9. The van der Waals surface area contributed by atoms with E-state index in [1.807, 2.05) is 6.07 Å². The van der Waals surface area contributed by atoms with Gasteiger partial charge in [-0.25, -0.2) is 4.39 Å². The molecule has 1 aliphatic rings. The second-order valence-electron chi connectivity index (χ2n) is 7.26. The fourth-order valence-electron chi connectivity index (χ4n) is 3.78. The summed E-state index contributed by atoms with van der Waals surface area (Å²) in [6, 6.07) is 6.84. The summed E-state index contributed by atoms with van der Waals surface area (Å²) in [5.41, 5.74) is 3.01. The highest BCUT2D eigenvalue weighted by Crippen LogP contribution is 2.22. The van der Waals surface area contributed by atoms with Gasteiger partial charge >= 0.3 is 0 Å². The summed E-state index contributed by atoms with van der Waals surface area (Å²) >= 11 is 0. The summed E-state index contributed by atoms with van der Waals surface area (Å²) in [5.74, 6) is 1.37. The van der Waals surface area contributed by atoms with Crippen molar-refractivity contribution in [1.29, 1.82) is 0 Å². The Morgan fingerprint density at radius 2 is 2.03 bits per heavy atom. The number of aromatic nitrogens is 1. The number of benzene rings is 1. The van der Waals surface area contributed by atoms with Gasteiger partial charge < -0.3 is 19.9 Å². The summed E-state index contributed by atoms with van der Waals surface area (Å²) < 4.78 is 24.8. The molecule has 0 spiro atoms. The molecule has 1 atom stereocenters. The fourth-order valence-corrected chi connectivity index (χ4v) is 3.78. The second kappa shape index (κ2) is 11.1. The van der Waals surface area contributed by atoms with E-state index in [4.69, 9.17) is 9.26 Å². The Morgan fingerprint density at radius 1 is 1.23 bits per heavy atom. The van der Waals surface area contributed by atoms with Gasteiger partial charge in [0.15, 0.2) is 5.96 Å². The average molecular weight is 418 g/mol. The van der Waals surface area contributed by atoms with E-state index in [2.05, 4.69) is 39.5 Å². The monoisotopic (exact) mass is 417 g/mol. The zero-order valence-electron chi connectivity index (χ0n) is 18.1. The predicted octanol–water partition coefficient (Wildman–Crippen LogP) is 2.68. The van der Waals surface area contributed by atoms with E-state index in [1.165, 1.54) is 6.07 Å². The normalized spacial score (nSPS) is 16.5. The van der Waals surface area contributed by atoms with Gasteiger partial charge in [-0.2, -0.15) is 0 Å². The molecule has 0 saturated carbocycles. The van der Waals surface area contributed by atoms with Crippen molar-refractivity contribution in [1.82, 2.24) is 20.7 Å². The molecule has 2 heterocycles. The maximum atomic E-state index is 13.9. The van der Waals surface area contributed by atoms with Crippen LogP contribution < -0.4 is 10.6 Å². The van der Waals surface area contributed by atoms with Crippen LogP contribution in [0, 0.1) is 5.82 Å². The molecular weight excluding hydrogens is 385 g/mol. The minimum atomic E-state index is -0.222. The minimum absolute atomic E-state index is 0.0242. The Bertz CT molecular complexity index is 811. The first-order valence-corrected chi connectivity index (χ1v) is 10.6. The number of aryl methyl sites for hydroxylation is 2. The van der Waals surface area contributed by atoms with Crippen molar-refractivity contribution in [2.24, 2.45) is 4.99 Å². The molecule has 1 aromatic heterocycles. The Kier molecular flexibility index (Phi) is 8.21. The number of aliphatic imine (C=N–C) groups is 1. The van der Waals surface area contributed by atoms with E-state index in [0.717, 1.165) is 48.5 Å². The fraction of sp³-hybridized carbons (Fsp3) is 0.545. The number of hydrogen-bond acceptors (Lipinski definition) is 5. The number of guanidine groups is 1. The van der Waals surface area contributed by atoms with Crippen LogP contribution in [-0.2, 0) is 24.1 Å². The number of halogens is 1. The van der Waals surface area contributed by atoms with Crippen LogP contribution >= 0.6 is 0 Å². The molecule has 7 nitrogen and oxygen atoms in total. The highest BCUT2D eigenvalue weighted by molar-refractivity contribution is 5.79. The third-order valence-electron chi connectivity index (χ3n) is 5.45. The second-order valence-corrected chi connectivity index (χ2v) is 7.26. The molecular formula is C22H32FN5O2. The molecule has 2 N–H and O–H groups in total. The largest absolute Gasteiger partial charge is 0.379 e. The van der Waals surface area contributed by atoms with Crippen LogP contribution in [0.2, 0.25) is 0 Å². The van der Waals surface area contributed by atoms with Crippen molar-refractivity contribution in [3.05, 3.63) is 52.7 Å². The molecule has 1 unspecified atom stereocenters. The summed E-state index contributed by atoms with van der Waals surface area (Å²) in [7, 11) is 1.75. The van der Waals surface area contributed by atoms with Gasteiger partial charge in [-0.3, -0.25) is 9.89 Å². The van der Waals surface area contributed by atoms with Gasteiger partial charge in [-0.05, 0) is 24.1 Å². The Balaban J connectivity index is 1.66. The summed E-state index contributed by atoms with van der Waals surface area (Å²) in [6.07, 6.45) is 1.62. The number of nitrogens with one attached hydrogen (secondary N) is 2. The van der Waals surface area contributed by atoms with E-state index in [-0.39, 0.29) is 11.9 Å². The first-order valence-electron chi connectivity index (χ1n) is 10.6. The van der Waals surface area contributed by atoms with Gasteiger partial charge in [-0.15, -0.1) is 0 Å². The van der Waals surface area contributed by atoms with Crippen molar-refractivity contribution < 1.29 is 13.7 Å². The lowest BCUT2D eigenvalue weighted by molar-refractivity contribution is 0.0169. The Labute approximate surface area is 177 Å². The molecule has 8 heteroatoms. The first-order chi connectivity index (χ1) is 14.7. The zero-order chi connectivity index (χ0) is 21.3. The number of rotatable bonds is 8. The molecule has 0 bridgehead atoms. The van der Waals surface area contributed by atoms with Crippen LogP contribution in [0.15, 0.2) is 33.8 Å². The van der Waals surface area contributed by atoms with Gasteiger partial charge in [0.25, 0.3) is 0 Å². The molecule has 3 rings (SSSR count). The standard InChI is InChI=1S/C22H32FN5O2/c1-4-19-18(21(5-2)30-27-19)14-25-22(24-3)26-15-20(28-9-11-29-12-10-28)16-7-6-8-17(23)13-16/h6-8,13,20H,4-5,9-12,14-15H2,1-3H3,(H2,24,25,26). The molecule has 1 fully saturated rings.